The third-order valence-corrected chi connectivity index (χ3v) is 4.32. The molecule has 0 saturated heterocycles. The molecule has 0 saturated carbocycles. The predicted molar refractivity (Wildman–Crippen MR) is 99.8 cm³/mol. The van der Waals surface area contributed by atoms with Crippen LogP contribution in [-0.4, -0.2) is 16.5 Å². The summed E-state index contributed by atoms with van der Waals surface area (Å²) in [5.74, 6) is -0.349. The Bertz CT molecular complexity index is 841. The number of carbonyl (C=O) groups excluding carboxylic acids is 1. The zero-order valence-electron chi connectivity index (χ0n) is 14.2. The number of halogens is 1. The Kier molecular flexibility index (Phi) is 5.63. The van der Waals surface area contributed by atoms with Gasteiger partial charge in [0.15, 0.2) is 0 Å². The lowest BCUT2D eigenvalue weighted by molar-refractivity contribution is -0.117. The zero-order valence-corrected chi connectivity index (χ0v) is 15.8. The molecule has 5 heteroatoms. The molecule has 124 valence electrons. The predicted octanol–water partition coefficient (Wildman–Crippen LogP) is 4.29. The molecule has 1 N–H and O–H groups in total. The molecule has 4 nitrogen and oxygen atoms in total. The van der Waals surface area contributed by atoms with Gasteiger partial charge in [0, 0.05) is 21.9 Å². The van der Waals surface area contributed by atoms with Gasteiger partial charge in [0.1, 0.15) is 11.6 Å². The summed E-state index contributed by atoms with van der Waals surface area (Å²) >= 11 is 3.57. The number of hydrogen-bond acceptors (Lipinski definition) is 2. The van der Waals surface area contributed by atoms with Crippen molar-refractivity contribution >= 4 is 27.9 Å². The summed E-state index contributed by atoms with van der Waals surface area (Å²) in [4.78, 5) is 12.1. The van der Waals surface area contributed by atoms with Gasteiger partial charge in [-0.05, 0) is 73.5 Å². The number of rotatable bonds is 4. The van der Waals surface area contributed by atoms with Crippen molar-refractivity contribution in [2.24, 2.45) is 0 Å². The fourth-order valence-electron chi connectivity index (χ4n) is 2.58. The van der Waals surface area contributed by atoms with E-state index < -0.39 is 0 Å². The summed E-state index contributed by atoms with van der Waals surface area (Å²) in [6.07, 6.45) is 1.65. The summed E-state index contributed by atoms with van der Waals surface area (Å²) in [6.45, 7) is 7.72. The first kappa shape index (κ1) is 18.0. The second-order valence-electron chi connectivity index (χ2n) is 5.91. The van der Waals surface area contributed by atoms with Crippen LogP contribution in [0, 0.1) is 25.2 Å². The molecule has 2 rings (SSSR count). The second-order valence-corrected chi connectivity index (χ2v) is 6.77. The number of hydrogen-bond donors (Lipinski definition) is 1. The monoisotopic (exact) mass is 385 g/mol. The van der Waals surface area contributed by atoms with Crippen molar-refractivity contribution in [3.05, 3.63) is 57.3 Å². The maximum Gasteiger partial charge on any atom is 0.262 e. The first-order chi connectivity index (χ1) is 11.3. The molecule has 0 bridgehead atoms. The van der Waals surface area contributed by atoms with Gasteiger partial charge >= 0.3 is 0 Å². The standard InChI is InChI=1S/C19H20BrN3O/c1-12(2)22-19(24)16(11-21)10-15-9-13(3)23(14(15)4)18-8-6-5-7-17(18)20/h5-10,12H,1-4H3,(H,22,24)/b16-10-. The highest BCUT2D eigenvalue weighted by Crippen LogP contribution is 2.27. The fraction of sp³-hybridized carbons (Fsp3) is 0.263. The van der Waals surface area contributed by atoms with Crippen LogP contribution in [0.3, 0.4) is 0 Å². The second kappa shape index (κ2) is 7.50. The number of nitriles is 1. The van der Waals surface area contributed by atoms with Crippen molar-refractivity contribution in [2.45, 2.75) is 33.7 Å². The van der Waals surface area contributed by atoms with Gasteiger partial charge in [0.25, 0.3) is 5.91 Å². The average Bonchev–Trinajstić information content (AvgIpc) is 2.79. The minimum atomic E-state index is -0.349. The summed E-state index contributed by atoms with van der Waals surface area (Å²) in [5.41, 5.74) is 4.00. The quantitative estimate of drug-likeness (QED) is 0.630. The van der Waals surface area contributed by atoms with Gasteiger partial charge < -0.3 is 9.88 Å². The Morgan fingerprint density at radius 1 is 1.33 bits per heavy atom. The molecule has 1 aromatic carbocycles. The number of para-hydroxylation sites is 1. The maximum absolute atomic E-state index is 12.1. The maximum atomic E-state index is 12.1. The van der Waals surface area contributed by atoms with Crippen molar-refractivity contribution in [2.75, 3.05) is 0 Å². The minimum absolute atomic E-state index is 0.0121. The first-order valence-electron chi connectivity index (χ1n) is 7.71. The van der Waals surface area contributed by atoms with E-state index in [0.717, 1.165) is 27.1 Å². The number of nitrogens with one attached hydrogen (secondary N) is 1. The molecule has 2 aromatic rings. The molecule has 0 aliphatic heterocycles. The number of amides is 1. The van der Waals surface area contributed by atoms with E-state index in [2.05, 4.69) is 25.8 Å². The Balaban J connectivity index is 2.49. The molecule has 0 atom stereocenters. The van der Waals surface area contributed by atoms with Crippen molar-refractivity contribution in [3.63, 3.8) is 0 Å². The Hall–Kier alpha value is -2.32. The summed E-state index contributed by atoms with van der Waals surface area (Å²) in [7, 11) is 0. The molecule has 0 aliphatic carbocycles. The van der Waals surface area contributed by atoms with Gasteiger partial charge in [0.05, 0.1) is 5.69 Å². The lowest BCUT2D eigenvalue weighted by atomic mass is 10.1. The third-order valence-electron chi connectivity index (χ3n) is 3.65. The van der Waals surface area contributed by atoms with Crippen LogP contribution in [0.2, 0.25) is 0 Å². The number of benzene rings is 1. The van der Waals surface area contributed by atoms with Gasteiger partial charge in [-0.25, -0.2) is 0 Å². The van der Waals surface area contributed by atoms with E-state index in [1.807, 2.05) is 64.1 Å². The Labute approximate surface area is 150 Å². The van der Waals surface area contributed by atoms with E-state index in [-0.39, 0.29) is 17.5 Å². The van der Waals surface area contributed by atoms with Crippen LogP contribution in [0.15, 0.2) is 40.4 Å². The molecular formula is C19H20BrN3O. The normalized spacial score (nSPS) is 11.5. The lowest BCUT2D eigenvalue weighted by Gasteiger charge is -2.11. The molecule has 0 spiro atoms. The fourth-order valence-corrected chi connectivity index (χ4v) is 3.04. The van der Waals surface area contributed by atoms with Crippen LogP contribution >= 0.6 is 15.9 Å². The van der Waals surface area contributed by atoms with Crippen LogP contribution in [0.4, 0.5) is 0 Å². The van der Waals surface area contributed by atoms with Gasteiger partial charge in [-0.1, -0.05) is 12.1 Å². The number of aromatic nitrogens is 1. The van der Waals surface area contributed by atoms with Crippen LogP contribution < -0.4 is 5.32 Å². The molecule has 1 heterocycles. The highest BCUT2D eigenvalue weighted by Gasteiger charge is 2.15. The molecule has 24 heavy (non-hydrogen) atoms. The van der Waals surface area contributed by atoms with Crippen LogP contribution in [-0.2, 0) is 4.79 Å². The van der Waals surface area contributed by atoms with Crippen molar-refractivity contribution in [1.82, 2.24) is 9.88 Å². The molecule has 0 radical (unpaired) electrons. The van der Waals surface area contributed by atoms with Gasteiger partial charge in [-0.3, -0.25) is 4.79 Å². The molecular weight excluding hydrogens is 366 g/mol. The van der Waals surface area contributed by atoms with E-state index in [4.69, 9.17) is 0 Å². The molecule has 0 aliphatic rings. The van der Waals surface area contributed by atoms with Crippen molar-refractivity contribution < 1.29 is 4.79 Å². The molecule has 0 unspecified atom stereocenters. The van der Waals surface area contributed by atoms with Crippen LogP contribution in [0.25, 0.3) is 11.8 Å². The van der Waals surface area contributed by atoms with E-state index in [1.54, 1.807) is 6.08 Å². The first-order valence-corrected chi connectivity index (χ1v) is 8.51. The smallest absolute Gasteiger partial charge is 0.262 e. The van der Waals surface area contributed by atoms with E-state index in [1.165, 1.54) is 0 Å². The number of nitrogens with zero attached hydrogens (tertiary/aromatic N) is 2. The lowest BCUT2D eigenvalue weighted by Crippen LogP contribution is -2.30. The van der Waals surface area contributed by atoms with E-state index >= 15 is 0 Å². The third kappa shape index (κ3) is 3.77. The average molecular weight is 386 g/mol. The van der Waals surface area contributed by atoms with E-state index in [9.17, 15) is 10.1 Å². The SMILES string of the molecule is Cc1cc(/C=C(/C#N)C(=O)NC(C)C)c(C)n1-c1ccccc1Br. The van der Waals surface area contributed by atoms with Gasteiger partial charge in [-0.2, -0.15) is 5.26 Å². The van der Waals surface area contributed by atoms with E-state index in [0.29, 0.717) is 0 Å². The Morgan fingerprint density at radius 3 is 2.58 bits per heavy atom. The van der Waals surface area contributed by atoms with Crippen molar-refractivity contribution in [3.8, 4) is 11.8 Å². The minimum Gasteiger partial charge on any atom is -0.349 e. The van der Waals surface area contributed by atoms with Gasteiger partial charge in [-0.15, -0.1) is 0 Å². The molecule has 0 fully saturated rings. The topological polar surface area (TPSA) is 57.8 Å². The Morgan fingerprint density at radius 2 is 2.00 bits per heavy atom. The zero-order chi connectivity index (χ0) is 17.9. The largest absolute Gasteiger partial charge is 0.349 e. The highest BCUT2D eigenvalue weighted by atomic mass is 79.9. The molecule has 1 aromatic heterocycles. The highest BCUT2D eigenvalue weighted by molar-refractivity contribution is 9.10. The van der Waals surface area contributed by atoms with Crippen LogP contribution in [0.1, 0.15) is 30.8 Å². The van der Waals surface area contributed by atoms with Gasteiger partial charge in [0.2, 0.25) is 0 Å². The molecule has 1 amide bonds. The summed E-state index contributed by atoms with van der Waals surface area (Å²) in [6, 6.07) is 11.9. The summed E-state index contributed by atoms with van der Waals surface area (Å²) < 4.78 is 3.09. The number of carbonyl (C=O) groups is 1. The number of aryl methyl sites for hydroxylation is 1. The van der Waals surface area contributed by atoms with Crippen LogP contribution in [0.5, 0.6) is 0 Å². The van der Waals surface area contributed by atoms with Crippen molar-refractivity contribution in [1.29, 1.82) is 5.26 Å². The summed E-state index contributed by atoms with van der Waals surface area (Å²) in [5, 5.41) is 12.1.